The molecule has 18 nitrogen and oxygen atoms in total. The number of aliphatic hydroxyl groups is 6. The molecule has 6 N–H and O–H groups in total. The zero-order valence-electron chi connectivity index (χ0n) is 39.4. The van der Waals surface area contributed by atoms with Gasteiger partial charge in [-0.15, -0.1) is 0 Å². The number of nitrogens with zero attached hydrogens (tertiary/aromatic N) is 1. The topological polar surface area (TPSA) is 250 Å². The highest BCUT2D eigenvalue weighted by Crippen LogP contribution is 2.38. The molecule has 0 amide bonds. The van der Waals surface area contributed by atoms with E-state index < -0.39 is 140 Å². The Morgan fingerprint density at radius 2 is 1.58 bits per heavy atom. The van der Waals surface area contributed by atoms with Crippen LogP contribution in [0.15, 0.2) is 23.8 Å². The molecule has 0 bridgehead atoms. The van der Waals surface area contributed by atoms with Crippen molar-refractivity contribution in [2.45, 2.75) is 185 Å². The number of hydrogen-bond acceptors (Lipinski definition) is 18. The molecule has 0 aliphatic carbocycles. The molecule has 4 rings (SSSR count). The number of ketones is 1. The average Bonchev–Trinajstić information content (AvgIpc) is 3.23. The van der Waals surface area contributed by atoms with Gasteiger partial charge in [0.15, 0.2) is 24.7 Å². The first-order chi connectivity index (χ1) is 30.1. The van der Waals surface area contributed by atoms with E-state index in [-0.39, 0.29) is 38.3 Å². The highest BCUT2D eigenvalue weighted by molar-refractivity contribution is 5.91. The standard InChI is InChI=1S/C46H77NO17/c1-12-34-30(22-58-45-42(57-11)31(21-49)38(53)26(5)60-45)17-23(2)13-14-32(50)24(3)18-29(15-16-48)40(25(4)33(51)19-35(52)62-34)64-44-39(54)37(47(9)10)41(27(6)61-44)63-36-20-46(8,56)43(55)28(7)59-36/h13-14,16-17,24-31,33-34,36-45,49,51,53-56H,12,15,18-22H2,1-11H3/b14-13+,23-17+/t24-,25+,26?,27?,28?,29+,30-,31+,33-,34-,36+,37+,38-,39?,40-,41-,42?,43+,44+,45-,46?/m1/s1. The number of likely N-dealkylation sites (N-methyl/N-ethyl adjacent to an activating group) is 1. The van der Waals surface area contributed by atoms with E-state index in [0.29, 0.717) is 18.3 Å². The fourth-order valence-corrected chi connectivity index (χ4v) is 9.62. The van der Waals surface area contributed by atoms with E-state index in [1.54, 1.807) is 66.6 Å². The monoisotopic (exact) mass is 916 g/mol. The molecule has 3 fully saturated rings. The van der Waals surface area contributed by atoms with Gasteiger partial charge in [-0.3, -0.25) is 9.59 Å². The van der Waals surface area contributed by atoms with Crippen molar-refractivity contribution in [3.05, 3.63) is 23.8 Å². The van der Waals surface area contributed by atoms with Crippen LogP contribution in [0.25, 0.3) is 0 Å². The zero-order valence-corrected chi connectivity index (χ0v) is 39.4. The predicted octanol–water partition coefficient (Wildman–Crippen LogP) is 1.43. The van der Waals surface area contributed by atoms with Crippen molar-refractivity contribution < 1.29 is 82.9 Å². The summed E-state index contributed by atoms with van der Waals surface area (Å²) >= 11 is 0. The van der Waals surface area contributed by atoms with E-state index in [1.807, 2.05) is 13.0 Å². The molecular formula is C46H77NO17. The number of carbonyl (C=O) groups excluding carboxylic acids is 3. The summed E-state index contributed by atoms with van der Waals surface area (Å²) in [6, 6.07) is -0.753. The third-order valence-corrected chi connectivity index (χ3v) is 13.6. The fraction of sp³-hybridized carbons (Fsp3) is 0.848. The van der Waals surface area contributed by atoms with Crippen molar-refractivity contribution in [1.29, 1.82) is 0 Å². The minimum absolute atomic E-state index is 0.0340. The Hall–Kier alpha value is -2.27. The van der Waals surface area contributed by atoms with Gasteiger partial charge in [-0.25, -0.2) is 0 Å². The number of aliphatic hydroxyl groups excluding tert-OH is 5. The lowest BCUT2D eigenvalue weighted by Gasteiger charge is -2.50. The smallest absolute Gasteiger partial charge is 0.308 e. The molecule has 18 heteroatoms. The fourth-order valence-electron chi connectivity index (χ4n) is 9.62. The Morgan fingerprint density at radius 3 is 2.17 bits per heavy atom. The Bertz CT molecular complexity index is 1560. The SMILES string of the molecule is CC[C@H]1OC(=O)C[C@@H](O)[C@H](C)[C@@H](O[C@@H]2OC(C)[C@@H](O[C@H]3CC(C)(O)[C@@H](O)C(C)O3)[C@@H](N(C)C)C2O)[C@@H](CC=O)C[C@@H](C)C(=O)/C=C/C(C)=C/[C@@H]1CO[C@@H]1OC(C)[C@@H](O)[C@H](CO)C1OC. The second-order valence-corrected chi connectivity index (χ2v) is 18.9. The summed E-state index contributed by atoms with van der Waals surface area (Å²) in [5.74, 6) is -4.33. The van der Waals surface area contributed by atoms with Crippen LogP contribution in [0, 0.1) is 29.6 Å². The quantitative estimate of drug-likeness (QED) is 0.113. The molecule has 6 unspecified atom stereocenters. The molecule has 0 aromatic carbocycles. The molecule has 4 aliphatic rings. The van der Waals surface area contributed by atoms with Crippen molar-refractivity contribution in [3.8, 4) is 0 Å². The number of aldehydes is 1. The van der Waals surface area contributed by atoms with Crippen LogP contribution in [0.2, 0.25) is 0 Å². The summed E-state index contributed by atoms with van der Waals surface area (Å²) in [6.45, 7) is 13.2. The molecule has 368 valence electrons. The van der Waals surface area contributed by atoms with Gasteiger partial charge in [0.1, 0.15) is 36.8 Å². The molecule has 0 aromatic heterocycles. The summed E-state index contributed by atoms with van der Waals surface area (Å²) in [5.41, 5.74) is -0.825. The van der Waals surface area contributed by atoms with Crippen LogP contribution in [-0.4, -0.2) is 186 Å². The largest absolute Gasteiger partial charge is 0.462 e. The molecule has 0 spiro atoms. The maximum atomic E-state index is 13.8. The minimum Gasteiger partial charge on any atom is -0.462 e. The number of rotatable bonds is 13. The number of methoxy groups -OCH3 is 1. The lowest BCUT2D eigenvalue weighted by atomic mass is 9.79. The summed E-state index contributed by atoms with van der Waals surface area (Å²) in [7, 11) is 4.93. The van der Waals surface area contributed by atoms with Crippen LogP contribution in [-0.2, 0) is 52.3 Å². The number of cyclic esters (lactones) is 1. The van der Waals surface area contributed by atoms with Gasteiger partial charge in [0, 0.05) is 43.6 Å². The molecular weight excluding hydrogens is 838 g/mol. The van der Waals surface area contributed by atoms with Crippen molar-refractivity contribution >= 4 is 18.0 Å². The normalized spacial score (nSPS) is 45.9. The zero-order chi connectivity index (χ0) is 47.8. The van der Waals surface area contributed by atoms with Crippen molar-refractivity contribution in [2.24, 2.45) is 29.6 Å². The van der Waals surface area contributed by atoms with Crippen molar-refractivity contribution in [2.75, 3.05) is 34.4 Å². The van der Waals surface area contributed by atoms with Crippen molar-refractivity contribution in [3.63, 3.8) is 0 Å². The molecule has 4 aliphatic heterocycles. The van der Waals surface area contributed by atoms with Crippen LogP contribution < -0.4 is 0 Å². The summed E-state index contributed by atoms with van der Waals surface area (Å²) in [6.07, 6.45) is -8.04. The van der Waals surface area contributed by atoms with Crippen LogP contribution in [0.5, 0.6) is 0 Å². The van der Waals surface area contributed by atoms with Crippen LogP contribution in [0.1, 0.15) is 87.5 Å². The van der Waals surface area contributed by atoms with Gasteiger partial charge < -0.3 is 78.2 Å². The highest BCUT2D eigenvalue weighted by atomic mass is 16.7. The molecule has 4 heterocycles. The second-order valence-electron chi connectivity index (χ2n) is 18.9. The molecule has 0 aromatic rings. The Morgan fingerprint density at radius 1 is 0.906 bits per heavy atom. The second kappa shape index (κ2) is 24.1. The maximum absolute atomic E-state index is 13.8. The molecule has 64 heavy (non-hydrogen) atoms. The van der Waals surface area contributed by atoms with Gasteiger partial charge in [-0.2, -0.15) is 0 Å². The van der Waals surface area contributed by atoms with Gasteiger partial charge in [-0.05, 0) is 73.5 Å². The van der Waals surface area contributed by atoms with Crippen molar-refractivity contribution in [1.82, 2.24) is 4.90 Å². The van der Waals surface area contributed by atoms with Gasteiger partial charge in [-0.1, -0.05) is 38.5 Å². The van der Waals surface area contributed by atoms with Crippen LogP contribution in [0.3, 0.4) is 0 Å². The minimum atomic E-state index is -1.49. The first kappa shape index (κ1) is 54.3. The molecule has 0 radical (unpaired) electrons. The van der Waals surface area contributed by atoms with E-state index in [4.69, 9.17) is 37.9 Å². The van der Waals surface area contributed by atoms with E-state index in [1.165, 1.54) is 20.1 Å². The van der Waals surface area contributed by atoms with Gasteiger partial charge in [0.25, 0.3) is 0 Å². The lowest BCUT2D eigenvalue weighted by molar-refractivity contribution is -0.341. The predicted molar refractivity (Wildman–Crippen MR) is 230 cm³/mol. The van der Waals surface area contributed by atoms with E-state index in [2.05, 4.69) is 0 Å². The summed E-state index contributed by atoms with van der Waals surface area (Å²) in [4.78, 5) is 41.5. The lowest BCUT2D eigenvalue weighted by Crippen LogP contribution is -2.65. The molecule has 21 atom stereocenters. The summed E-state index contributed by atoms with van der Waals surface area (Å²) in [5, 5.41) is 65.8. The van der Waals surface area contributed by atoms with Crippen LogP contribution in [0.4, 0.5) is 0 Å². The number of esters is 1. The van der Waals surface area contributed by atoms with Crippen LogP contribution >= 0.6 is 0 Å². The number of allylic oxidation sites excluding steroid dienone is 3. The summed E-state index contributed by atoms with van der Waals surface area (Å²) < 4.78 is 49.0. The Labute approximate surface area is 378 Å². The number of hydrogen-bond donors (Lipinski definition) is 6. The van der Waals surface area contributed by atoms with E-state index >= 15 is 0 Å². The van der Waals surface area contributed by atoms with Gasteiger partial charge in [0.05, 0.1) is 67.9 Å². The maximum Gasteiger partial charge on any atom is 0.308 e. The third-order valence-electron chi connectivity index (χ3n) is 13.6. The average molecular weight is 916 g/mol. The van der Waals surface area contributed by atoms with Gasteiger partial charge in [0.2, 0.25) is 0 Å². The first-order valence-electron chi connectivity index (χ1n) is 22.8. The Balaban J connectivity index is 1.62. The Kier molecular flexibility index (Phi) is 20.5. The number of carbonyl (C=O) groups is 3. The van der Waals surface area contributed by atoms with E-state index in [9.17, 15) is 45.0 Å². The van der Waals surface area contributed by atoms with E-state index in [0.717, 1.165) is 0 Å². The van der Waals surface area contributed by atoms with Gasteiger partial charge >= 0.3 is 5.97 Å². The highest BCUT2D eigenvalue weighted by Gasteiger charge is 2.52. The molecule has 3 saturated heterocycles. The first-order valence-corrected chi connectivity index (χ1v) is 22.8. The third kappa shape index (κ3) is 13.5. The molecule has 0 saturated carbocycles. The number of ether oxygens (including phenoxy) is 8.